The maximum absolute atomic E-state index is 13.4. The number of hydrogen-bond acceptors (Lipinski definition) is 8. The van der Waals surface area contributed by atoms with Crippen molar-refractivity contribution in [2.24, 2.45) is 5.73 Å². The van der Waals surface area contributed by atoms with E-state index in [1.54, 1.807) is 61.5 Å². The lowest BCUT2D eigenvalue weighted by Crippen LogP contribution is -2.45. The van der Waals surface area contributed by atoms with Gasteiger partial charge in [0.05, 0.1) is 6.61 Å². The highest BCUT2D eigenvalue weighted by Gasteiger charge is 2.24. The van der Waals surface area contributed by atoms with Crippen molar-refractivity contribution in [1.29, 1.82) is 5.41 Å². The van der Waals surface area contributed by atoms with E-state index in [2.05, 4.69) is 21.2 Å². The van der Waals surface area contributed by atoms with Gasteiger partial charge in [0.2, 0.25) is 0 Å². The number of aryl methyl sites for hydroxylation is 1. The summed E-state index contributed by atoms with van der Waals surface area (Å²) >= 11 is 0. The number of nitrogens with two attached hydrogens (primary N) is 1. The first-order chi connectivity index (χ1) is 18.7. The number of hydrogen-bond donors (Lipinski definition) is 5. The second-order valence-electron chi connectivity index (χ2n) is 8.97. The number of nitrogens with one attached hydrogen (secondary N) is 4. The maximum Gasteiger partial charge on any atom is 0.288 e. The third kappa shape index (κ3) is 8.17. The number of hydrazine groups is 1. The van der Waals surface area contributed by atoms with E-state index in [0.717, 1.165) is 6.54 Å². The van der Waals surface area contributed by atoms with Gasteiger partial charge in [-0.3, -0.25) is 30.8 Å². The summed E-state index contributed by atoms with van der Waals surface area (Å²) in [6, 6.07) is 14.6. The molecule has 0 spiro atoms. The van der Waals surface area contributed by atoms with Crippen LogP contribution in [-0.2, 0) is 4.79 Å². The summed E-state index contributed by atoms with van der Waals surface area (Å²) in [7, 11) is 3.92. The minimum absolute atomic E-state index is 0.0606. The Hall–Kier alpha value is -4.64. The van der Waals surface area contributed by atoms with Gasteiger partial charge in [0.1, 0.15) is 24.2 Å². The Kier molecular flexibility index (Phi) is 10.2. The van der Waals surface area contributed by atoms with E-state index in [4.69, 9.17) is 20.6 Å². The van der Waals surface area contributed by atoms with E-state index in [1.807, 2.05) is 25.9 Å². The van der Waals surface area contributed by atoms with Gasteiger partial charge in [0, 0.05) is 24.0 Å². The van der Waals surface area contributed by atoms with Crippen LogP contribution in [0.15, 0.2) is 60.8 Å². The topological polar surface area (TPSA) is 155 Å². The van der Waals surface area contributed by atoms with Crippen molar-refractivity contribution in [3.05, 3.63) is 83.2 Å². The third-order valence-corrected chi connectivity index (χ3v) is 5.69. The predicted octanol–water partition coefficient (Wildman–Crippen LogP) is 2.63. The Bertz CT molecular complexity index is 1300. The molecule has 0 saturated heterocycles. The third-order valence-electron chi connectivity index (χ3n) is 5.69. The number of aromatic nitrogens is 1. The molecule has 11 heteroatoms. The highest BCUT2D eigenvalue weighted by molar-refractivity contribution is 5.96. The first-order valence-electron chi connectivity index (χ1n) is 12.5. The monoisotopic (exact) mass is 533 g/mol. The van der Waals surface area contributed by atoms with Gasteiger partial charge in [-0.25, -0.2) is 0 Å². The lowest BCUT2D eigenvalue weighted by molar-refractivity contribution is -0.122. The molecule has 3 rings (SSSR count). The molecule has 11 nitrogen and oxygen atoms in total. The Morgan fingerprint density at radius 3 is 2.44 bits per heavy atom. The molecule has 1 aromatic heterocycles. The zero-order chi connectivity index (χ0) is 28.4. The van der Waals surface area contributed by atoms with Gasteiger partial charge in [-0.2, -0.15) is 0 Å². The molecule has 1 unspecified atom stereocenters. The summed E-state index contributed by atoms with van der Waals surface area (Å²) in [6.07, 6.45) is 1.51. The number of nitrogens with zero attached hydrogens (tertiary/aromatic N) is 2. The average molecular weight is 534 g/mol. The number of pyridine rings is 1. The second-order valence-corrected chi connectivity index (χ2v) is 8.97. The summed E-state index contributed by atoms with van der Waals surface area (Å²) in [5, 5.41) is 10.8. The van der Waals surface area contributed by atoms with Crippen LogP contribution in [0.25, 0.3) is 0 Å². The number of carbonyl (C=O) groups excluding carboxylic acids is 2. The van der Waals surface area contributed by atoms with Crippen LogP contribution < -0.4 is 31.4 Å². The molecule has 6 N–H and O–H groups in total. The molecule has 0 radical (unpaired) electrons. The van der Waals surface area contributed by atoms with Crippen LogP contribution in [0.1, 0.15) is 40.1 Å². The highest BCUT2D eigenvalue weighted by atomic mass is 16.5. The molecule has 0 saturated carbocycles. The summed E-state index contributed by atoms with van der Waals surface area (Å²) in [5.74, 6) is -0.0590. The lowest BCUT2D eigenvalue weighted by atomic mass is 10.0. The number of benzene rings is 2. The van der Waals surface area contributed by atoms with Crippen molar-refractivity contribution >= 4 is 23.3 Å². The SMILES string of the molecule is CCOc1cc(C(Nc2ccc(C(=N)N)cc2)C(=O)NNC(=O)c2ncccc2C)ccc1OCCN(C)C. The summed E-state index contributed by atoms with van der Waals surface area (Å²) in [6.45, 7) is 5.23. The molecular formula is C28H35N7O4. The number of nitrogen functional groups attached to an aromatic ring is 1. The summed E-state index contributed by atoms with van der Waals surface area (Å²) in [5.41, 5.74) is 13.1. The standard InChI is InChI=1S/C28H35N7O4/c1-5-38-23-17-20(10-13-22(23)39-16-15-35(3)4)25(32-21-11-8-19(9-12-21)26(29)30)28(37)34-33-27(36)24-18(2)7-6-14-31-24/h6-14,17,25,32H,5,15-16H2,1-4H3,(H3,29,30)(H,33,36)(H,34,37). The molecule has 206 valence electrons. The van der Waals surface area contributed by atoms with Gasteiger partial charge in [-0.1, -0.05) is 12.1 Å². The van der Waals surface area contributed by atoms with Crippen LogP contribution in [-0.4, -0.2) is 61.4 Å². The molecule has 0 bridgehead atoms. The molecule has 0 aliphatic rings. The fraction of sp³-hybridized carbons (Fsp3) is 0.286. The van der Waals surface area contributed by atoms with Gasteiger partial charge in [0.25, 0.3) is 11.8 Å². The number of likely N-dealkylation sites (N-methyl/N-ethyl adjacent to an activating group) is 1. The van der Waals surface area contributed by atoms with Crippen molar-refractivity contribution in [3.63, 3.8) is 0 Å². The Labute approximate surface area is 228 Å². The van der Waals surface area contributed by atoms with Crippen LogP contribution in [0.2, 0.25) is 0 Å². The quantitative estimate of drug-likeness (QED) is 0.135. The molecule has 0 fully saturated rings. The van der Waals surface area contributed by atoms with Gasteiger partial charge in [0.15, 0.2) is 11.5 Å². The van der Waals surface area contributed by atoms with Crippen molar-refractivity contribution in [2.75, 3.05) is 39.2 Å². The molecule has 2 amide bonds. The van der Waals surface area contributed by atoms with E-state index in [1.165, 1.54) is 6.20 Å². The van der Waals surface area contributed by atoms with Crippen LogP contribution in [0, 0.1) is 12.3 Å². The molecule has 1 heterocycles. The van der Waals surface area contributed by atoms with Crippen molar-refractivity contribution in [2.45, 2.75) is 19.9 Å². The summed E-state index contributed by atoms with van der Waals surface area (Å²) < 4.78 is 11.7. The average Bonchev–Trinajstić information content (AvgIpc) is 2.91. The van der Waals surface area contributed by atoms with E-state index in [9.17, 15) is 9.59 Å². The van der Waals surface area contributed by atoms with E-state index < -0.39 is 17.9 Å². The van der Waals surface area contributed by atoms with E-state index >= 15 is 0 Å². The Morgan fingerprint density at radius 2 is 1.79 bits per heavy atom. The smallest absolute Gasteiger partial charge is 0.288 e. The molecule has 1 atom stereocenters. The minimum atomic E-state index is -0.923. The molecule has 39 heavy (non-hydrogen) atoms. The normalized spacial score (nSPS) is 11.4. The zero-order valence-electron chi connectivity index (χ0n) is 22.6. The van der Waals surface area contributed by atoms with Crippen molar-refractivity contribution < 1.29 is 19.1 Å². The molecule has 0 aliphatic heterocycles. The number of amidine groups is 1. The highest BCUT2D eigenvalue weighted by Crippen LogP contribution is 2.32. The Balaban J connectivity index is 1.87. The lowest BCUT2D eigenvalue weighted by Gasteiger charge is -2.22. The first kappa shape index (κ1) is 28.9. The number of amides is 2. The van der Waals surface area contributed by atoms with Crippen LogP contribution >= 0.6 is 0 Å². The van der Waals surface area contributed by atoms with E-state index in [0.29, 0.717) is 47.1 Å². The van der Waals surface area contributed by atoms with Gasteiger partial charge >= 0.3 is 0 Å². The van der Waals surface area contributed by atoms with E-state index in [-0.39, 0.29) is 11.5 Å². The fourth-order valence-corrected chi connectivity index (χ4v) is 3.62. The number of anilines is 1. The number of carbonyl (C=O) groups is 2. The number of rotatable bonds is 12. The number of ether oxygens (including phenoxy) is 2. The Morgan fingerprint density at radius 1 is 1.05 bits per heavy atom. The molecule has 0 aliphatic carbocycles. The molecular weight excluding hydrogens is 498 g/mol. The largest absolute Gasteiger partial charge is 0.490 e. The van der Waals surface area contributed by atoms with Crippen LogP contribution in [0.4, 0.5) is 5.69 Å². The van der Waals surface area contributed by atoms with Crippen LogP contribution in [0.5, 0.6) is 11.5 Å². The predicted molar refractivity (Wildman–Crippen MR) is 150 cm³/mol. The fourth-order valence-electron chi connectivity index (χ4n) is 3.62. The first-order valence-corrected chi connectivity index (χ1v) is 12.5. The van der Waals surface area contributed by atoms with Crippen molar-refractivity contribution in [3.8, 4) is 11.5 Å². The second kappa shape index (κ2) is 13.8. The van der Waals surface area contributed by atoms with Gasteiger partial charge < -0.3 is 25.4 Å². The van der Waals surface area contributed by atoms with Crippen LogP contribution in [0.3, 0.4) is 0 Å². The summed E-state index contributed by atoms with van der Waals surface area (Å²) in [4.78, 5) is 32.1. The maximum atomic E-state index is 13.4. The minimum Gasteiger partial charge on any atom is -0.490 e. The zero-order valence-corrected chi connectivity index (χ0v) is 22.6. The molecule has 2 aromatic carbocycles. The van der Waals surface area contributed by atoms with Gasteiger partial charge in [-0.05, 0) is 81.5 Å². The van der Waals surface area contributed by atoms with Crippen molar-refractivity contribution in [1.82, 2.24) is 20.7 Å². The van der Waals surface area contributed by atoms with Gasteiger partial charge in [-0.15, -0.1) is 0 Å². The molecule has 3 aromatic rings.